The highest BCUT2D eigenvalue weighted by Gasteiger charge is 2.46. The van der Waals surface area contributed by atoms with Crippen molar-refractivity contribution in [1.82, 2.24) is 9.80 Å². The van der Waals surface area contributed by atoms with Crippen LogP contribution in [-0.4, -0.2) is 83.4 Å². The lowest BCUT2D eigenvalue weighted by Crippen LogP contribution is -2.32. The van der Waals surface area contributed by atoms with Crippen LogP contribution in [0.1, 0.15) is 78.1 Å². The zero-order valence-corrected chi connectivity index (χ0v) is 22.6. The summed E-state index contributed by atoms with van der Waals surface area (Å²) in [6, 6.07) is 0. The van der Waals surface area contributed by atoms with E-state index < -0.39 is 22.7 Å². The molecule has 10 heteroatoms. The lowest BCUT2D eigenvalue weighted by molar-refractivity contribution is -0.149. The van der Waals surface area contributed by atoms with Gasteiger partial charge in [0, 0.05) is 26.9 Å². The first-order valence-electron chi connectivity index (χ1n) is 12.5. The van der Waals surface area contributed by atoms with Crippen molar-refractivity contribution in [2.75, 3.05) is 27.2 Å². The van der Waals surface area contributed by atoms with Crippen LogP contribution in [0.25, 0.3) is 0 Å². The van der Waals surface area contributed by atoms with Gasteiger partial charge in [-0.15, -0.1) is 0 Å². The van der Waals surface area contributed by atoms with Crippen molar-refractivity contribution >= 4 is 45.3 Å². The first kappa shape index (κ1) is 28.8. The number of hydrogen-bond donors (Lipinski definition) is 0. The van der Waals surface area contributed by atoms with Crippen molar-refractivity contribution in [2.24, 2.45) is 0 Å². The molecule has 0 bridgehead atoms. The minimum atomic E-state index is -0.585. The first-order valence-corrected chi connectivity index (χ1v) is 14.8. The van der Waals surface area contributed by atoms with E-state index in [1.54, 1.807) is 23.9 Å². The third kappa shape index (κ3) is 8.66. The molecule has 0 N–H and O–H groups in total. The second kappa shape index (κ2) is 14.9. The molecule has 2 amide bonds. The molecule has 0 spiro atoms. The fraction of sp³-hybridized carbons (Fsp3) is 0.833. The van der Waals surface area contributed by atoms with E-state index in [9.17, 15) is 19.2 Å². The minimum absolute atomic E-state index is 0.121. The van der Waals surface area contributed by atoms with Crippen molar-refractivity contribution in [3.05, 3.63) is 0 Å². The van der Waals surface area contributed by atoms with E-state index in [0.29, 0.717) is 25.9 Å². The smallest absolute Gasteiger partial charge is 0.306 e. The lowest BCUT2D eigenvalue weighted by Gasteiger charge is -2.20. The molecule has 0 radical (unpaired) electrons. The molecule has 34 heavy (non-hydrogen) atoms. The average molecular weight is 517 g/mol. The van der Waals surface area contributed by atoms with Gasteiger partial charge < -0.3 is 19.3 Å². The number of carbonyl (C=O) groups excluding carboxylic acids is 4. The maximum absolute atomic E-state index is 12.7. The van der Waals surface area contributed by atoms with Crippen LogP contribution < -0.4 is 0 Å². The van der Waals surface area contributed by atoms with Gasteiger partial charge in [-0.3, -0.25) is 19.2 Å². The van der Waals surface area contributed by atoms with Gasteiger partial charge in [0.15, 0.2) is 0 Å². The van der Waals surface area contributed by atoms with E-state index >= 15 is 0 Å². The maximum Gasteiger partial charge on any atom is 0.306 e. The molecule has 8 nitrogen and oxygen atoms in total. The third-order valence-electron chi connectivity index (χ3n) is 6.12. The molecular weight excluding hydrogens is 476 g/mol. The Kier molecular flexibility index (Phi) is 12.6. The largest absolute Gasteiger partial charge is 0.459 e. The molecule has 2 aliphatic rings. The maximum atomic E-state index is 12.7. The Bertz CT molecular complexity index is 649. The number of esters is 2. The Balaban J connectivity index is 1.90. The van der Waals surface area contributed by atoms with E-state index in [1.807, 2.05) is 0 Å². The van der Waals surface area contributed by atoms with E-state index in [2.05, 4.69) is 13.8 Å². The summed E-state index contributed by atoms with van der Waals surface area (Å²) in [4.78, 5) is 53.1. The van der Waals surface area contributed by atoms with Crippen molar-refractivity contribution < 1.29 is 28.7 Å². The molecule has 0 saturated carbocycles. The molecule has 0 aromatic heterocycles. The normalized spacial score (nSPS) is 24.7. The summed E-state index contributed by atoms with van der Waals surface area (Å²) in [6.07, 6.45) is 7.48. The average Bonchev–Trinajstić information content (AvgIpc) is 3.21. The summed E-state index contributed by atoms with van der Waals surface area (Å²) in [5, 5.41) is -1.17. The molecule has 4 atom stereocenters. The molecule has 4 unspecified atom stereocenters. The molecule has 2 heterocycles. The molecule has 0 aromatic rings. The molecule has 2 rings (SSSR count). The molecule has 194 valence electrons. The van der Waals surface area contributed by atoms with Crippen molar-refractivity contribution in [2.45, 2.75) is 101 Å². The van der Waals surface area contributed by atoms with Gasteiger partial charge in [0.05, 0.1) is 13.1 Å². The number of unbranched alkanes of at least 4 members (excludes halogenated alkanes) is 6. The molecule has 0 aromatic carbocycles. The number of amides is 2. The summed E-state index contributed by atoms with van der Waals surface area (Å²) in [5.74, 6) is -0.813. The van der Waals surface area contributed by atoms with Crippen molar-refractivity contribution in [3.63, 3.8) is 0 Å². The lowest BCUT2D eigenvalue weighted by atomic mass is 10.1. The highest BCUT2D eigenvalue weighted by molar-refractivity contribution is 8.77. The monoisotopic (exact) mass is 516 g/mol. The van der Waals surface area contributed by atoms with E-state index in [1.165, 1.54) is 21.6 Å². The summed E-state index contributed by atoms with van der Waals surface area (Å²) < 4.78 is 11.3. The third-order valence-corrected chi connectivity index (χ3v) is 9.23. The van der Waals surface area contributed by atoms with Crippen LogP contribution in [0.5, 0.6) is 0 Å². The Hall–Kier alpha value is -1.42. The van der Waals surface area contributed by atoms with Crippen LogP contribution in [0.2, 0.25) is 0 Å². The second-order valence-electron chi connectivity index (χ2n) is 9.15. The fourth-order valence-corrected chi connectivity index (χ4v) is 7.29. The Morgan fingerprint density at radius 2 is 1.12 bits per heavy atom. The molecule has 2 saturated heterocycles. The summed E-state index contributed by atoms with van der Waals surface area (Å²) in [7, 11) is 5.87. The number of nitrogens with zero attached hydrogens (tertiary/aromatic N) is 2. The van der Waals surface area contributed by atoms with Crippen LogP contribution in [0.15, 0.2) is 0 Å². The van der Waals surface area contributed by atoms with Crippen molar-refractivity contribution in [3.8, 4) is 0 Å². The summed E-state index contributed by atoms with van der Waals surface area (Å²) in [5.41, 5.74) is 0. The number of likely N-dealkylation sites (tertiary alicyclic amines) is 2. The van der Waals surface area contributed by atoms with Gasteiger partial charge in [-0.1, -0.05) is 74.0 Å². The highest BCUT2D eigenvalue weighted by Crippen LogP contribution is 2.41. The quantitative estimate of drug-likeness (QED) is 0.184. The number of carbonyl (C=O) groups is 4. The van der Waals surface area contributed by atoms with E-state index in [4.69, 9.17) is 9.47 Å². The molecule has 2 aliphatic heterocycles. The Morgan fingerprint density at radius 1 is 0.735 bits per heavy atom. The van der Waals surface area contributed by atoms with Gasteiger partial charge in [0.1, 0.15) is 22.7 Å². The van der Waals surface area contributed by atoms with Crippen LogP contribution in [0.3, 0.4) is 0 Å². The van der Waals surface area contributed by atoms with Gasteiger partial charge in [-0.25, -0.2) is 0 Å². The van der Waals surface area contributed by atoms with Crippen LogP contribution in [0, 0.1) is 0 Å². The van der Waals surface area contributed by atoms with Gasteiger partial charge in [-0.05, 0) is 12.8 Å². The van der Waals surface area contributed by atoms with Crippen LogP contribution in [0.4, 0.5) is 0 Å². The zero-order chi connectivity index (χ0) is 25.1. The number of ether oxygens (including phenoxy) is 2. The zero-order valence-electron chi connectivity index (χ0n) is 21.0. The summed E-state index contributed by atoms with van der Waals surface area (Å²) >= 11 is 0. The molecule has 0 aliphatic carbocycles. The van der Waals surface area contributed by atoms with Gasteiger partial charge in [0.2, 0.25) is 11.8 Å². The number of rotatable bonds is 15. The fourth-order valence-electron chi connectivity index (χ4n) is 4.04. The van der Waals surface area contributed by atoms with Crippen LogP contribution in [-0.2, 0) is 28.7 Å². The van der Waals surface area contributed by atoms with E-state index in [-0.39, 0.29) is 23.8 Å². The van der Waals surface area contributed by atoms with Gasteiger partial charge in [-0.2, -0.15) is 0 Å². The topological polar surface area (TPSA) is 93.2 Å². The number of likely N-dealkylation sites (N-methyl/N-ethyl adjacent to an activating group) is 2. The molecular formula is C24H40N2O6S2. The van der Waals surface area contributed by atoms with Crippen LogP contribution >= 0.6 is 21.6 Å². The predicted octanol–water partition coefficient (Wildman–Crippen LogP) is 3.81. The standard InChI is InChI=1S/C24H40N2O6S2/c1-5-7-9-11-13-19(27)31-17-15-25(3)23(29)21(17)33-34-22-18(16-26(4)24(22)30)32-20(28)14-12-10-8-6-2/h17-18,21-22H,5-16H2,1-4H3. The Labute approximate surface area is 211 Å². The predicted molar refractivity (Wildman–Crippen MR) is 135 cm³/mol. The van der Waals surface area contributed by atoms with E-state index in [0.717, 1.165) is 51.4 Å². The van der Waals surface area contributed by atoms with Crippen molar-refractivity contribution in [1.29, 1.82) is 0 Å². The molecule has 2 fully saturated rings. The SMILES string of the molecule is CCCCCCC(=O)OC1CN(C)C(=O)C1SSC1C(=O)N(C)CC1OC(=O)CCCCCC. The second-order valence-corrected chi connectivity index (χ2v) is 11.7. The summed E-state index contributed by atoms with van der Waals surface area (Å²) in [6.45, 7) is 4.91. The Morgan fingerprint density at radius 3 is 1.47 bits per heavy atom. The minimum Gasteiger partial charge on any atom is -0.459 e. The highest BCUT2D eigenvalue weighted by atomic mass is 33.1. The first-order chi connectivity index (χ1) is 16.3. The number of hydrogen-bond acceptors (Lipinski definition) is 8. The van der Waals surface area contributed by atoms with Gasteiger partial charge in [0.25, 0.3) is 0 Å². The van der Waals surface area contributed by atoms with Gasteiger partial charge >= 0.3 is 11.9 Å².